The number of pyridine rings is 1. The Bertz CT molecular complexity index is 653. The number of ether oxygens (including phenoxy) is 1. The predicted molar refractivity (Wildman–Crippen MR) is 95.4 cm³/mol. The number of hydrogen-bond acceptors (Lipinski definition) is 4. The smallest absolute Gasteiger partial charge is 0.379 e. The van der Waals surface area contributed by atoms with E-state index in [0.29, 0.717) is 19.4 Å². The van der Waals surface area contributed by atoms with Gasteiger partial charge in [0, 0.05) is 26.4 Å². The molecule has 1 aliphatic heterocycles. The van der Waals surface area contributed by atoms with E-state index in [2.05, 4.69) is 10.3 Å². The molecule has 2 heterocycles. The summed E-state index contributed by atoms with van der Waals surface area (Å²) in [4.78, 5) is 18.3. The van der Waals surface area contributed by atoms with E-state index in [-0.39, 0.29) is 36.3 Å². The van der Waals surface area contributed by atoms with Gasteiger partial charge in [-0.3, -0.25) is 4.79 Å². The van der Waals surface area contributed by atoms with Crippen molar-refractivity contribution in [3.8, 4) is 0 Å². The molecule has 3 rings (SSSR count). The van der Waals surface area contributed by atoms with Crippen molar-refractivity contribution < 1.29 is 22.7 Å². The maximum Gasteiger partial charge on any atom is 0.419 e. The standard InChI is InChI=1S/C19H26F3N3O2/c1-27-16-9-3-2-8-15(16)24-18(26)13-6-5-11-25(12-13)17-14(19(20,21)22)7-4-10-23-17/h4,7,10,13,15-16H,2-3,5-6,8-9,11-12H2,1H3,(H,24,26)/t13-,15+,16+/m0/s1. The third-order valence-electron chi connectivity index (χ3n) is 5.52. The minimum Gasteiger partial charge on any atom is -0.379 e. The molecule has 1 saturated carbocycles. The van der Waals surface area contributed by atoms with Gasteiger partial charge in [0.15, 0.2) is 0 Å². The monoisotopic (exact) mass is 385 g/mol. The third-order valence-corrected chi connectivity index (χ3v) is 5.52. The second kappa shape index (κ2) is 8.46. The molecule has 0 bridgehead atoms. The Kier molecular flexibility index (Phi) is 6.24. The number of piperidine rings is 1. The highest BCUT2D eigenvalue weighted by atomic mass is 19.4. The second-order valence-electron chi connectivity index (χ2n) is 7.33. The summed E-state index contributed by atoms with van der Waals surface area (Å²) in [6, 6.07) is 2.30. The van der Waals surface area contributed by atoms with Gasteiger partial charge in [0.05, 0.1) is 23.6 Å². The first-order valence-electron chi connectivity index (χ1n) is 9.50. The molecule has 3 atom stereocenters. The first-order valence-corrected chi connectivity index (χ1v) is 9.50. The Hall–Kier alpha value is -1.83. The largest absolute Gasteiger partial charge is 0.419 e. The van der Waals surface area contributed by atoms with Crippen LogP contribution < -0.4 is 10.2 Å². The van der Waals surface area contributed by atoms with Crippen molar-refractivity contribution in [2.24, 2.45) is 5.92 Å². The number of halogens is 3. The van der Waals surface area contributed by atoms with Gasteiger partial charge >= 0.3 is 6.18 Å². The number of methoxy groups -OCH3 is 1. The Labute approximate surface area is 157 Å². The maximum atomic E-state index is 13.3. The van der Waals surface area contributed by atoms with E-state index >= 15 is 0 Å². The van der Waals surface area contributed by atoms with Crippen LogP contribution in [-0.4, -0.2) is 43.2 Å². The predicted octanol–water partition coefficient (Wildman–Crippen LogP) is 3.39. The number of alkyl halides is 3. The first-order chi connectivity index (χ1) is 12.9. The number of carbonyl (C=O) groups is 1. The highest BCUT2D eigenvalue weighted by Crippen LogP contribution is 2.36. The van der Waals surface area contributed by atoms with Gasteiger partial charge in [0.25, 0.3) is 0 Å². The number of nitrogens with zero attached hydrogens (tertiary/aromatic N) is 2. The minimum absolute atomic E-state index is 0.00927. The van der Waals surface area contributed by atoms with Crippen LogP contribution in [0.25, 0.3) is 0 Å². The number of amides is 1. The molecular formula is C19H26F3N3O2. The van der Waals surface area contributed by atoms with E-state index in [0.717, 1.165) is 31.7 Å². The summed E-state index contributed by atoms with van der Waals surface area (Å²) < 4.78 is 45.3. The molecular weight excluding hydrogens is 359 g/mol. The van der Waals surface area contributed by atoms with Crippen LogP contribution in [0.2, 0.25) is 0 Å². The molecule has 1 saturated heterocycles. The molecule has 2 fully saturated rings. The topological polar surface area (TPSA) is 54.5 Å². The fourth-order valence-corrected chi connectivity index (χ4v) is 4.10. The van der Waals surface area contributed by atoms with Crippen molar-refractivity contribution in [3.05, 3.63) is 23.9 Å². The Morgan fingerprint density at radius 3 is 2.78 bits per heavy atom. The van der Waals surface area contributed by atoms with Gasteiger partial charge in [0.2, 0.25) is 5.91 Å². The average Bonchev–Trinajstić information content (AvgIpc) is 2.68. The van der Waals surface area contributed by atoms with E-state index in [9.17, 15) is 18.0 Å². The number of carbonyl (C=O) groups excluding carboxylic acids is 1. The minimum atomic E-state index is -4.47. The molecule has 1 amide bonds. The molecule has 0 aromatic carbocycles. The van der Waals surface area contributed by atoms with Crippen molar-refractivity contribution >= 4 is 11.7 Å². The van der Waals surface area contributed by atoms with E-state index in [1.165, 1.54) is 12.3 Å². The zero-order valence-corrected chi connectivity index (χ0v) is 15.5. The van der Waals surface area contributed by atoms with Crippen LogP contribution in [0.3, 0.4) is 0 Å². The lowest BCUT2D eigenvalue weighted by atomic mass is 9.90. The fraction of sp³-hybridized carbons (Fsp3) is 0.684. The number of anilines is 1. The summed E-state index contributed by atoms with van der Waals surface area (Å²) >= 11 is 0. The normalized spacial score (nSPS) is 26.7. The van der Waals surface area contributed by atoms with E-state index < -0.39 is 11.7 Å². The van der Waals surface area contributed by atoms with Crippen molar-refractivity contribution in [2.75, 3.05) is 25.1 Å². The molecule has 0 radical (unpaired) electrons. The lowest BCUT2D eigenvalue weighted by molar-refractivity contribution is -0.137. The van der Waals surface area contributed by atoms with Crippen LogP contribution >= 0.6 is 0 Å². The second-order valence-corrected chi connectivity index (χ2v) is 7.33. The molecule has 150 valence electrons. The summed E-state index contributed by atoms with van der Waals surface area (Å²) in [5, 5.41) is 3.07. The molecule has 1 aliphatic carbocycles. The number of aromatic nitrogens is 1. The summed E-state index contributed by atoms with van der Waals surface area (Å²) in [5.74, 6) is -0.533. The van der Waals surface area contributed by atoms with E-state index in [1.807, 2.05) is 0 Å². The zero-order chi connectivity index (χ0) is 19.4. The van der Waals surface area contributed by atoms with Gasteiger partial charge in [0.1, 0.15) is 5.82 Å². The summed E-state index contributed by atoms with van der Waals surface area (Å²) in [6.45, 7) is 0.713. The lowest BCUT2D eigenvalue weighted by Crippen LogP contribution is -2.51. The third kappa shape index (κ3) is 4.72. The van der Waals surface area contributed by atoms with Crippen molar-refractivity contribution in [2.45, 2.75) is 56.8 Å². The lowest BCUT2D eigenvalue weighted by Gasteiger charge is -2.36. The van der Waals surface area contributed by atoms with Gasteiger partial charge in [-0.05, 0) is 37.8 Å². The molecule has 1 N–H and O–H groups in total. The van der Waals surface area contributed by atoms with Crippen molar-refractivity contribution in [1.29, 1.82) is 0 Å². The van der Waals surface area contributed by atoms with Crippen LogP contribution in [0, 0.1) is 5.92 Å². The molecule has 0 unspecified atom stereocenters. The Morgan fingerprint density at radius 2 is 2.04 bits per heavy atom. The van der Waals surface area contributed by atoms with Gasteiger partial charge in [-0.25, -0.2) is 4.98 Å². The number of hydrogen-bond donors (Lipinski definition) is 1. The first kappa shape index (κ1) is 19.9. The van der Waals surface area contributed by atoms with Crippen molar-refractivity contribution in [1.82, 2.24) is 10.3 Å². The number of rotatable bonds is 4. The average molecular weight is 385 g/mol. The van der Waals surface area contributed by atoms with Gasteiger partial charge in [-0.1, -0.05) is 12.8 Å². The molecule has 8 heteroatoms. The summed E-state index contributed by atoms with van der Waals surface area (Å²) in [7, 11) is 1.65. The molecule has 1 aromatic heterocycles. The molecule has 2 aliphatic rings. The fourth-order valence-electron chi connectivity index (χ4n) is 4.10. The Morgan fingerprint density at radius 1 is 1.26 bits per heavy atom. The van der Waals surface area contributed by atoms with E-state index in [4.69, 9.17) is 4.74 Å². The highest BCUT2D eigenvalue weighted by Gasteiger charge is 2.38. The molecule has 27 heavy (non-hydrogen) atoms. The SMILES string of the molecule is CO[C@@H]1CCCC[C@H]1NC(=O)[C@H]1CCCN(c2ncccc2C(F)(F)F)C1. The van der Waals surface area contributed by atoms with Gasteiger partial charge < -0.3 is 15.0 Å². The van der Waals surface area contributed by atoms with Gasteiger partial charge in [-0.15, -0.1) is 0 Å². The number of nitrogens with one attached hydrogen (secondary N) is 1. The molecule has 5 nitrogen and oxygen atoms in total. The molecule has 1 aromatic rings. The Balaban J connectivity index is 1.68. The zero-order valence-electron chi connectivity index (χ0n) is 15.5. The summed E-state index contributed by atoms with van der Waals surface area (Å²) in [5.41, 5.74) is -0.752. The van der Waals surface area contributed by atoms with Crippen LogP contribution in [0.4, 0.5) is 19.0 Å². The van der Waals surface area contributed by atoms with Gasteiger partial charge in [-0.2, -0.15) is 13.2 Å². The van der Waals surface area contributed by atoms with Crippen LogP contribution in [0.15, 0.2) is 18.3 Å². The highest BCUT2D eigenvalue weighted by molar-refractivity contribution is 5.80. The van der Waals surface area contributed by atoms with E-state index in [1.54, 1.807) is 12.0 Å². The van der Waals surface area contributed by atoms with Crippen molar-refractivity contribution in [3.63, 3.8) is 0 Å². The molecule has 0 spiro atoms. The van der Waals surface area contributed by atoms with Crippen LogP contribution in [0.5, 0.6) is 0 Å². The maximum absolute atomic E-state index is 13.3. The quantitative estimate of drug-likeness (QED) is 0.863. The summed E-state index contributed by atoms with van der Waals surface area (Å²) in [6.07, 6.45) is 2.15. The van der Waals surface area contributed by atoms with Crippen LogP contribution in [-0.2, 0) is 15.7 Å². The van der Waals surface area contributed by atoms with Crippen LogP contribution in [0.1, 0.15) is 44.1 Å².